The van der Waals surface area contributed by atoms with Gasteiger partial charge in [0.25, 0.3) is 5.89 Å². The molecule has 0 aromatic carbocycles. The highest BCUT2D eigenvalue weighted by Crippen LogP contribution is 2.25. The van der Waals surface area contributed by atoms with Crippen LogP contribution in [-0.2, 0) is 4.74 Å². The van der Waals surface area contributed by atoms with E-state index in [-0.39, 0.29) is 11.6 Å². The summed E-state index contributed by atoms with van der Waals surface area (Å²) in [6.07, 6.45) is 1.52. The number of furan rings is 1. The van der Waals surface area contributed by atoms with Crippen LogP contribution in [0.5, 0.6) is 0 Å². The first-order valence-electron chi connectivity index (χ1n) is 5.02. The molecule has 0 saturated heterocycles. The van der Waals surface area contributed by atoms with Crippen molar-refractivity contribution in [2.45, 2.75) is 0 Å². The lowest BCUT2D eigenvalue weighted by Gasteiger charge is -2.00. The molecule has 0 unspecified atom stereocenters. The van der Waals surface area contributed by atoms with E-state index >= 15 is 0 Å². The fraction of sp³-hybridized carbons (Fsp3) is 0.273. The zero-order chi connectivity index (χ0) is 12.1. The second kappa shape index (κ2) is 5.18. The smallest absolute Gasteiger partial charge is 0.266 e. The Bertz CT molecular complexity index is 511. The molecular formula is C11H11N3O3. The first-order chi connectivity index (χ1) is 8.35. The maximum atomic E-state index is 8.91. The molecule has 2 rings (SSSR count). The topological polar surface area (TPSA) is 84.2 Å². The van der Waals surface area contributed by atoms with Gasteiger partial charge in [-0.15, -0.1) is 0 Å². The number of methoxy groups -OCH3 is 1. The monoisotopic (exact) mass is 233 g/mol. The minimum atomic E-state index is 0.201. The van der Waals surface area contributed by atoms with Crippen molar-refractivity contribution in [1.29, 1.82) is 5.26 Å². The molecule has 0 aliphatic rings. The Balaban J connectivity index is 2.19. The Morgan fingerprint density at radius 2 is 2.47 bits per heavy atom. The average Bonchev–Trinajstić information content (AvgIpc) is 2.97. The number of oxazole rings is 1. The summed E-state index contributed by atoms with van der Waals surface area (Å²) in [5.41, 5.74) is 0.201. The summed E-state index contributed by atoms with van der Waals surface area (Å²) in [6, 6.07) is 5.39. The number of nitriles is 1. The molecule has 6 heteroatoms. The van der Waals surface area contributed by atoms with Gasteiger partial charge < -0.3 is 18.9 Å². The number of hydrogen-bond donors (Lipinski definition) is 1. The second-order valence-electron chi connectivity index (χ2n) is 3.21. The van der Waals surface area contributed by atoms with Crippen molar-refractivity contribution in [3.05, 3.63) is 24.1 Å². The summed E-state index contributed by atoms with van der Waals surface area (Å²) in [7, 11) is 1.60. The van der Waals surface area contributed by atoms with Gasteiger partial charge in [0, 0.05) is 13.7 Å². The third kappa shape index (κ3) is 2.46. The van der Waals surface area contributed by atoms with Crippen LogP contribution in [0.4, 0.5) is 5.88 Å². The van der Waals surface area contributed by atoms with Crippen LogP contribution in [0.25, 0.3) is 11.7 Å². The van der Waals surface area contributed by atoms with Gasteiger partial charge in [-0.25, -0.2) is 0 Å². The molecule has 0 fully saturated rings. The van der Waals surface area contributed by atoms with Crippen molar-refractivity contribution >= 4 is 5.88 Å². The molecule has 0 aliphatic carbocycles. The fourth-order valence-electron chi connectivity index (χ4n) is 1.29. The van der Waals surface area contributed by atoms with E-state index < -0.39 is 0 Å². The zero-order valence-electron chi connectivity index (χ0n) is 9.27. The lowest BCUT2D eigenvalue weighted by molar-refractivity contribution is 0.210. The summed E-state index contributed by atoms with van der Waals surface area (Å²) in [6.45, 7) is 1.06. The summed E-state index contributed by atoms with van der Waals surface area (Å²) in [5, 5.41) is 11.8. The van der Waals surface area contributed by atoms with Crippen LogP contribution in [-0.4, -0.2) is 25.2 Å². The lowest BCUT2D eigenvalue weighted by Crippen LogP contribution is -2.07. The van der Waals surface area contributed by atoms with Crippen molar-refractivity contribution in [3.63, 3.8) is 0 Å². The van der Waals surface area contributed by atoms with Gasteiger partial charge >= 0.3 is 0 Å². The molecule has 0 saturated carbocycles. The highest BCUT2D eigenvalue weighted by atomic mass is 16.5. The largest absolute Gasteiger partial charge is 0.459 e. The molecule has 2 heterocycles. The van der Waals surface area contributed by atoms with Crippen LogP contribution < -0.4 is 5.32 Å². The van der Waals surface area contributed by atoms with Crippen LogP contribution in [0, 0.1) is 11.3 Å². The number of aromatic nitrogens is 1. The Kier molecular flexibility index (Phi) is 3.43. The fourth-order valence-corrected chi connectivity index (χ4v) is 1.29. The SMILES string of the molecule is COCCNc1oc(-c2ccco2)nc1C#N. The van der Waals surface area contributed by atoms with E-state index in [0.717, 1.165) is 0 Å². The van der Waals surface area contributed by atoms with Crippen molar-refractivity contribution in [2.24, 2.45) is 0 Å². The van der Waals surface area contributed by atoms with Gasteiger partial charge in [0.15, 0.2) is 5.76 Å². The van der Waals surface area contributed by atoms with E-state index in [1.807, 2.05) is 6.07 Å². The minimum absolute atomic E-state index is 0.201. The summed E-state index contributed by atoms with van der Waals surface area (Å²) in [5.74, 6) is 1.10. The van der Waals surface area contributed by atoms with E-state index in [0.29, 0.717) is 24.8 Å². The zero-order valence-corrected chi connectivity index (χ0v) is 9.27. The molecular weight excluding hydrogens is 222 g/mol. The number of rotatable bonds is 5. The van der Waals surface area contributed by atoms with Crippen LogP contribution in [0.15, 0.2) is 27.2 Å². The molecule has 0 spiro atoms. The van der Waals surface area contributed by atoms with E-state index in [1.165, 1.54) is 6.26 Å². The van der Waals surface area contributed by atoms with Gasteiger partial charge in [-0.05, 0) is 12.1 Å². The molecule has 0 bridgehead atoms. The van der Waals surface area contributed by atoms with Crippen molar-refractivity contribution in [1.82, 2.24) is 4.98 Å². The van der Waals surface area contributed by atoms with Crippen LogP contribution in [0.1, 0.15) is 5.69 Å². The average molecular weight is 233 g/mol. The normalized spacial score (nSPS) is 10.1. The molecule has 0 aliphatic heterocycles. The third-order valence-corrected chi connectivity index (χ3v) is 2.06. The molecule has 2 aromatic heterocycles. The molecule has 0 radical (unpaired) electrons. The number of hydrogen-bond acceptors (Lipinski definition) is 6. The highest BCUT2D eigenvalue weighted by molar-refractivity contribution is 5.54. The van der Waals surface area contributed by atoms with Crippen molar-refractivity contribution in [3.8, 4) is 17.7 Å². The van der Waals surface area contributed by atoms with E-state index in [2.05, 4.69) is 10.3 Å². The van der Waals surface area contributed by atoms with E-state index in [1.54, 1.807) is 19.2 Å². The van der Waals surface area contributed by atoms with Crippen LogP contribution in [0.3, 0.4) is 0 Å². The molecule has 88 valence electrons. The predicted molar refractivity (Wildman–Crippen MR) is 59.3 cm³/mol. The van der Waals surface area contributed by atoms with Crippen LogP contribution in [0.2, 0.25) is 0 Å². The van der Waals surface area contributed by atoms with Gasteiger partial charge in [-0.1, -0.05) is 0 Å². The minimum Gasteiger partial charge on any atom is -0.459 e. The Hall–Kier alpha value is -2.26. The van der Waals surface area contributed by atoms with Gasteiger partial charge in [-0.3, -0.25) is 0 Å². The molecule has 0 atom stereocenters. The second-order valence-corrected chi connectivity index (χ2v) is 3.21. The molecule has 6 nitrogen and oxygen atoms in total. The molecule has 1 N–H and O–H groups in total. The van der Waals surface area contributed by atoms with Crippen molar-refractivity contribution in [2.75, 3.05) is 25.6 Å². The predicted octanol–water partition coefficient (Wildman–Crippen LogP) is 1.86. The summed E-state index contributed by atoms with van der Waals surface area (Å²) >= 11 is 0. The maximum Gasteiger partial charge on any atom is 0.266 e. The first-order valence-corrected chi connectivity index (χ1v) is 5.02. The van der Waals surface area contributed by atoms with Gasteiger partial charge in [0.05, 0.1) is 12.9 Å². The summed E-state index contributed by atoms with van der Waals surface area (Å²) in [4.78, 5) is 4.03. The number of ether oxygens (including phenoxy) is 1. The van der Waals surface area contributed by atoms with Gasteiger partial charge in [0.2, 0.25) is 11.6 Å². The maximum absolute atomic E-state index is 8.91. The van der Waals surface area contributed by atoms with Gasteiger partial charge in [0.1, 0.15) is 6.07 Å². The van der Waals surface area contributed by atoms with Gasteiger partial charge in [-0.2, -0.15) is 10.2 Å². The van der Waals surface area contributed by atoms with Crippen molar-refractivity contribution < 1.29 is 13.6 Å². The molecule has 17 heavy (non-hydrogen) atoms. The number of nitrogens with one attached hydrogen (secondary N) is 1. The number of nitrogens with zero attached hydrogens (tertiary/aromatic N) is 2. The Morgan fingerprint density at radius 3 is 3.12 bits per heavy atom. The lowest BCUT2D eigenvalue weighted by atomic mass is 10.4. The Labute approximate surface area is 97.8 Å². The molecule has 2 aromatic rings. The summed E-state index contributed by atoms with van der Waals surface area (Å²) < 4.78 is 15.4. The van der Waals surface area contributed by atoms with E-state index in [4.69, 9.17) is 18.8 Å². The van der Waals surface area contributed by atoms with Crippen LogP contribution >= 0.6 is 0 Å². The highest BCUT2D eigenvalue weighted by Gasteiger charge is 2.15. The molecule has 0 amide bonds. The first kappa shape index (κ1) is 11.2. The Morgan fingerprint density at radius 1 is 1.59 bits per heavy atom. The standard InChI is InChI=1S/C11H11N3O3/c1-15-6-4-13-10-8(7-12)14-11(17-10)9-3-2-5-16-9/h2-3,5,13H,4,6H2,1H3. The number of anilines is 1. The third-order valence-electron chi connectivity index (χ3n) is 2.06. The van der Waals surface area contributed by atoms with E-state index in [9.17, 15) is 0 Å². The quantitative estimate of drug-likeness (QED) is 0.793.